The third-order valence-corrected chi connectivity index (χ3v) is 6.31. The number of nitrogens with zero attached hydrogens (tertiary/aromatic N) is 1. The Bertz CT molecular complexity index is 1340. The predicted molar refractivity (Wildman–Crippen MR) is 125 cm³/mol. The highest BCUT2D eigenvalue weighted by atomic mass is 32.2. The molecule has 10 heteroatoms. The molecule has 0 unspecified atom stereocenters. The molecule has 0 aliphatic carbocycles. The molecule has 3 aromatic rings. The van der Waals surface area contributed by atoms with Gasteiger partial charge in [0.25, 0.3) is 10.0 Å². The van der Waals surface area contributed by atoms with Crippen LogP contribution in [-0.4, -0.2) is 35.4 Å². The SMILES string of the molecule is CCCc1c(OCc2cccc(NS(=O)(=O)c3cncc(C(=O)O)c3)c2)ccc(C(C)=O)c1O. The third-order valence-electron chi connectivity index (χ3n) is 4.96. The van der Waals surface area contributed by atoms with Crippen LogP contribution < -0.4 is 9.46 Å². The number of carbonyl (C=O) groups is 2. The lowest BCUT2D eigenvalue weighted by Gasteiger charge is -2.15. The molecule has 3 N–H and O–H groups in total. The van der Waals surface area contributed by atoms with Gasteiger partial charge in [0.2, 0.25) is 0 Å². The lowest BCUT2D eigenvalue weighted by Crippen LogP contribution is -2.14. The maximum absolute atomic E-state index is 12.7. The molecule has 178 valence electrons. The van der Waals surface area contributed by atoms with Crippen molar-refractivity contribution < 1.29 is 33.0 Å². The fourth-order valence-corrected chi connectivity index (χ4v) is 4.35. The molecule has 0 atom stereocenters. The van der Waals surface area contributed by atoms with E-state index >= 15 is 0 Å². The fraction of sp³-hybridized carbons (Fsp3) is 0.208. The van der Waals surface area contributed by atoms with Crippen molar-refractivity contribution in [1.29, 1.82) is 0 Å². The van der Waals surface area contributed by atoms with Gasteiger partial charge >= 0.3 is 5.97 Å². The largest absolute Gasteiger partial charge is 0.507 e. The average molecular weight is 485 g/mol. The maximum Gasteiger partial charge on any atom is 0.337 e. The van der Waals surface area contributed by atoms with E-state index in [0.29, 0.717) is 23.3 Å². The monoisotopic (exact) mass is 484 g/mol. The Morgan fingerprint density at radius 1 is 1.12 bits per heavy atom. The number of phenols is 1. The number of nitrogens with one attached hydrogen (secondary N) is 1. The van der Waals surface area contributed by atoms with E-state index in [1.54, 1.807) is 30.3 Å². The van der Waals surface area contributed by atoms with Crippen LogP contribution >= 0.6 is 0 Å². The van der Waals surface area contributed by atoms with Crippen molar-refractivity contribution in [3.05, 3.63) is 77.1 Å². The summed E-state index contributed by atoms with van der Waals surface area (Å²) in [7, 11) is -4.07. The number of ether oxygens (including phenoxy) is 1. The maximum atomic E-state index is 12.7. The zero-order valence-electron chi connectivity index (χ0n) is 18.6. The minimum absolute atomic E-state index is 0.0845. The number of anilines is 1. The van der Waals surface area contributed by atoms with Crippen LogP contribution in [0.2, 0.25) is 0 Å². The van der Waals surface area contributed by atoms with E-state index in [-0.39, 0.29) is 39.8 Å². The molecule has 2 aromatic carbocycles. The zero-order chi connectivity index (χ0) is 24.9. The summed E-state index contributed by atoms with van der Waals surface area (Å²) < 4.78 is 33.6. The first-order chi connectivity index (χ1) is 16.1. The third kappa shape index (κ3) is 5.70. The van der Waals surface area contributed by atoms with Gasteiger partial charge in [-0.1, -0.05) is 25.5 Å². The van der Waals surface area contributed by atoms with Crippen molar-refractivity contribution in [1.82, 2.24) is 4.98 Å². The van der Waals surface area contributed by atoms with Gasteiger partial charge in [-0.15, -0.1) is 0 Å². The molecular weight excluding hydrogens is 460 g/mol. The van der Waals surface area contributed by atoms with Crippen molar-refractivity contribution in [2.75, 3.05) is 4.72 Å². The lowest BCUT2D eigenvalue weighted by molar-refractivity contribution is 0.0696. The minimum Gasteiger partial charge on any atom is -0.507 e. The smallest absolute Gasteiger partial charge is 0.337 e. The summed E-state index contributed by atoms with van der Waals surface area (Å²) in [6, 6.07) is 10.7. The molecule has 1 aromatic heterocycles. The number of Topliss-reactive ketones (excluding diaryl/α,β-unsaturated/α-hetero) is 1. The van der Waals surface area contributed by atoms with Gasteiger partial charge in [0.05, 0.1) is 11.1 Å². The first-order valence-electron chi connectivity index (χ1n) is 10.4. The molecule has 0 saturated heterocycles. The van der Waals surface area contributed by atoms with E-state index in [0.717, 1.165) is 24.9 Å². The standard InChI is InChI=1S/C24H24N2O7S/c1-3-5-21-22(9-8-20(15(2)27)23(21)28)33-14-16-6-4-7-18(10-16)26-34(31,32)19-11-17(24(29)30)12-25-13-19/h4,6-13,26,28H,3,5,14H2,1-2H3,(H,29,30). The summed E-state index contributed by atoms with van der Waals surface area (Å²) in [5.74, 6) is -1.18. The summed E-state index contributed by atoms with van der Waals surface area (Å²) in [6.07, 6.45) is 3.38. The number of phenolic OH excluding ortho intramolecular Hbond substituents is 1. The van der Waals surface area contributed by atoms with E-state index in [4.69, 9.17) is 9.84 Å². The number of aromatic hydroxyl groups is 1. The number of rotatable bonds is 10. The minimum atomic E-state index is -4.07. The Hall–Kier alpha value is -3.92. The molecule has 0 fully saturated rings. The van der Waals surface area contributed by atoms with Crippen LogP contribution in [0.4, 0.5) is 5.69 Å². The van der Waals surface area contributed by atoms with Crippen LogP contribution in [0.5, 0.6) is 11.5 Å². The number of carboxylic acid groups (broad SMARTS) is 1. The summed E-state index contributed by atoms with van der Waals surface area (Å²) in [5, 5.41) is 19.5. The van der Waals surface area contributed by atoms with Crippen LogP contribution in [0.15, 0.2) is 59.8 Å². The molecule has 0 aliphatic rings. The summed E-state index contributed by atoms with van der Waals surface area (Å²) in [6.45, 7) is 3.41. The molecule has 1 heterocycles. The highest BCUT2D eigenvalue weighted by Gasteiger charge is 2.18. The Balaban J connectivity index is 1.79. The van der Waals surface area contributed by atoms with Crippen LogP contribution in [0.25, 0.3) is 0 Å². The molecular formula is C24H24N2O7S. The molecule has 0 spiro atoms. The number of carboxylic acids is 1. The molecule has 0 bridgehead atoms. The van der Waals surface area contributed by atoms with Crippen molar-refractivity contribution >= 4 is 27.5 Å². The number of sulfonamides is 1. The van der Waals surface area contributed by atoms with Crippen molar-refractivity contribution in [3.63, 3.8) is 0 Å². The Morgan fingerprint density at radius 2 is 1.88 bits per heavy atom. The number of pyridine rings is 1. The molecule has 0 saturated carbocycles. The second-order valence-electron chi connectivity index (χ2n) is 7.55. The first kappa shape index (κ1) is 24.7. The second-order valence-corrected chi connectivity index (χ2v) is 9.24. The highest BCUT2D eigenvalue weighted by Crippen LogP contribution is 2.33. The van der Waals surface area contributed by atoms with Crippen LogP contribution in [-0.2, 0) is 23.1 Å². The molecule has 3 rings (SSSR count). The van der Waals surface area contributed by atoms with E-state index in [1.165, 1.54) is 13.0 Å². The van der Waals surface area contributed by atoms with Gasteiger partial charge in [-0.2, -0.15) is 0 Å². The number of aromatic carboxylic acids is 1. The number of ketones is 1. The van der Waals surface area contributed by atoms with E-state index in [2.05, 4.69) is 9.71 Å². The number of benzene rings is 2. The Morgan fingerprint density at radius 3 is 2.56 bits per heavy atom. The second kappa shape index (κ2) is 10.3. The first-order valence-corrected chi connectivity index (χ1v) is 11.9. The zero-order valence-corrected chi connectivity index (χ0v) is 19.4. The molecule has 0 aliphatic heterocycles. The fourth-order valence-electron chi connectivity index (χ4n) is 3.31. The topological polar surface area (TPSA) is 143 Å². The van der Waals surface area contributed by atoms with Gasteiger partial charge in [0, 0.05) is 23.6 Å². The van der Waals surface area contributed by atoms with E-state index in [9.17, 15) is 23.1 Å². The lowest BCUT2D eigenvalue weighted by atomic mass is 10.0. The quantitative estimate of drug-likeness (QED) is 0.366. The van der Waals surface area contributed by atoms with Gasteiger partial charge in [0.15, 0.2) is 5.78 Å². The molecule has 0 radical (unpaired) electrons. The van der Waals surface area contributed by atoms with Crippen LogP contribution in [0.3, 0.4) is 0 Å². The van der Waals surface area contributed by atoms with E-state index in [1.807, 2.05) is 6.92 Å². The molecule has 9 nitrogen and oxygen atoms in total. The number of carbonyl (C=O) groups excluding carboxylic acids is 1. The Labute approximate surface area is 197 Å². The number of hydrogen-bond donors (Lipinski definition) is 3. The van der Waals surface area contributed by atoms with Gasteiger partial charge in [0.1, 0.15) is 23.0 Å². The summed E-state index contributed by atoms with van der Waals surface area (Å²) in [4.78, 5) is 26.2. The number of hydrogen-bond acceptors (Lipinski definition) is 7. The van der Waals surface area contributed by atoms with Crippen molar-refractivity contribution in [2.45, 2.75) is 38.2 Å². The predicted octanol–water partition coefficient (Wildman–Crippen LogP) is 4.02. The van der Waals surface area contributed by atoms with Gasteiger partial charge in [-0.25, -0.2) is 13.2 Å². The Kier molecular flexibility index (Phi) is 7.52. The summed E-state index contributed by atoms with van der Waals surface area (Å²) >= 11 is 0. The van der Waals surface area contributed by atoms with Gasteiger partial charge in [-0.3, -0.25) is 14.5 Å². The van der Waals surface area contributed by atoms with E-state index < -0.39 is 16.0 Å². The molecule has 34 heavy (non-hydrogen) atoms. The van der Waals surface area contributed by atoms with Crippen LogP contribution in [0.1, 0.15) is 52.1 Å². The van der Waals surface area contributed by atoms with Crippen molar-refractivity contribution in [3.8, 4) is 11.5 Å². The molecule has 0 amide bonds. The van der Waals surface area contributed by atoms with Gasteiger partial charge < -0.3 is 14.9 Å². The van der Waals surface area contributed by atoms with Crippen LogP contribution in [0, 0.1) is 0 Å². The average Bonchev–Trinajstić information content (AvgIpc) is 2.79. The number of aromatic nitrogens is 1. The van der Waals surface area contributed by atoms with Crippen molar-refractivity contribution in [2.24, 2.45) is 0 Å². The normalized spacial score (nSPS) is 11.1. The van der Waals surface area contributed by atoms with Gasteiger partial charge in [-0.05, 0) is 49.2 Å². The summed E-state index contributed by atoms with van der Waals surface area (Å²) in [5.41, 5.74) is 1.43. The highest BCUT2D eigenvalue weighted by molar-refractivity contribution is 7.92.